The third kappa shape index (κ3) is 3.79. The number of aryl methyl sites for hydroxylation is 2. The fourth-order valence-electron chi connectivity index (χ4n) is 3.84. The highest BCUT2D eigenvalue weighted by molar-refractivity contribution is 7.13. The summed E-state index contributed by atoms with van der Waals surface area (Å²) < 4.78 is 17.5. The number of amides is 1. The molecule has 1 N–H and O–H groups in total. The van der Waals surface area contributed by atoms with Gasteiger partial charge in [-0.2, -0.15) is 0 Å². The monoisotopic (exact) mass is 428 g/mol. The van der Waals surface area contributed by atoms with E-state index < -0.39 is 5.63 Å². The van der Waals surface area contributed by atoms with Crippen LogP contribution in [0.25, 0.3) is 11.0 Å². The van der Waals surface area contributed by atoms with Gasteiger partial charge in [0.2, 0.25) is 5.91 Å². The Hall–Kier alpha value is -2.87. The van der Waals surface area contributed by atoms with E-state index in [4.69, 9.17) is 13.9 Å². The standard InChI is InChI=1S/C22H24N2O5S/c1-12-13(5-6-17(25)24-21-23-9-10-30-21)20(26)28-19-14-7-8-22(2,3)29-15(14)11-16(27-4)18(12)19/h9-11H,5-8H2,1-4H3,(H,23,24,25). The number of fused-ring (bicyclic) bond motifs is 3. The van der Waals surface area contributed by atoms with Crippen LogP contribution in [0.5, 0.6) is 11.5 Å². The molecule has 30 heavy (non-hydrogen) atoms. The van der Waals surface area contributed by atoms with Crippen molar-refractivity contribution in [1.82, 2.24) is 4.98 Å². The summed E-state index contributed by atoms with van der Waals surface area (Å²) in [5.41, 5.74) is 1.94. The molecule has 0 bridgehead atoms. The molecule has 7 nitrogen and oxygen atoms in total. The summed E-state index contributed by atoms with van der Waals surface area (Å²) in [5.74, 6) is 1.08. The average Bonchev–Trinajstić information content (AvgIpc) is 3.18. The predicted octanol–water partition coefficient (Wildman–Crippen LogP) is 4.24. The maximum absolute atomic E-state index is 12.8. The van der Waals surface area contributed by atoms with Gasteiger partial charge in [-0.3, -0.25) is 4.79 Å². The van der Waals surface area contributed by atoms with Crippen LogP contribution in [0.2, 0.25) is 0 Å². The van der Waals surface area contributed by atoms with Gasteiger partial charge >= 0.3 is 5.63 Å². The molecule has 0 spiro atoms. The third-order valence-electron chi connectivity index (χ3n) is 5.44. The van der Waals surface area contributed by atoms with Crippen LogP contribution < -0.4 is 20.4 Å². The molecular weight excluding hydrogens is 404 g/mol. The number of carbonyl (C=O) groups excluding carboxylic acids is 1. The summed E-state index contributed by atoms with van der Waals surface area (Å²) in [5, 5.41) is 5.82. The van der Waals surface area contributed by atoms with Crippen LogP contribution in [-0.2, 0) is 17.6 Å². The minimum atomic E-state index is -0.428. The van der Waals surface area contributed by atoms with Gasteiger partial charge in [0.15, 0.2) is 5.13 Å². The number of ether oxygens (including phenoxy) is 2. The van der Waals surface area contributed by atoms with Crippen molar-refractivity contribution < 1.29 is 18.7 Å². The normalized spacial score (nSPS) is 14.8. The van der Waals surface area contributed by atoms with Gasteiger partial charge in [0.25, 0.3) is 0 Å². The molecule has 1 aliphatic rings. The zero-order valence-electron chi connectivity index (χ0n) is 17.5. The number of benzene rings is 1. The molecule has 0 radical (unpaired) electrons. The Bertz CT molecular complexity index is 1160. The van der Waals surface area contributed by atoms with Crippen molar-refractivity contribution in [2.45, 2.75) is 52.1 Å². The molecule has 0 saturated heterocycles. The lowest BCUT2D eigenvalue weighted by atomic mass is 9.91. The number of rotatable bonds is 5. The number of nitrogens with one attached hydrogen (secondary N) is 1. The Morgan fingerprint density at radius 1 is 1.40 bits per heavy atom. The summed E-state index contributed by atoms with van der Waals surface area (Å²) in [4.78, 5) is 29.1. The first kappa shape index (κ1) is 20.4. The highest BCUT2D eigenvalue weighted by Gasteiger charge is 2.31. The van der Waals surface area contributed by atoms with E-state index in [1.807, 2.05) is 26.8 Å². The van der Waals surface area contributed by atoms with Crippen LogP contribution in [0.3, 0.4) is 0 Å². The largest absolute Gasteiger partial charge is 0.496 e. The van der Waals surface area contributed by atoms with Crippen LogP contribution in [0.15, 0.2) is 26.9 Å². The summed E-state index contributed by atoms with van der Waals surface area (Å²) >= 11 is 1.35. The zero-order valence-corrected chi connectivity index (χ0v) is 18.3. The summed E-state index contributed by atoms with van der Waals surface area (Å²) in [6.07, 6.45) is 3.62. The second-order valence-corrected chi connectivity index (χ2v) is 8.89. The second-order valence-electron chi connectivity index (χ2n) is 8.00. The lowest BCUT2D eigenvalue weighted by Gasteiger charge is -2.33. The molecule has 0 atom stereocenters. The Labute approximate surface area is 178 Å². The van der Waals surface area contributed by atoms with Crippen molar-refractivity contribution >= 4 is 33.3 Å². The highest BCUT2D eigenvalue weighted by Crippen LogP contribution is 2.43. The molecular formula is C22H24N2O5S. The molecule has 0 unspecified atom stereocenters. The fourth-order valence-corrected chi connectivity index (χ4v) is 4.38. The molecule has 4 rings (SSSR count). The van der Waals surface area contributed by atoms with Gasteiger partial charge in [0.05, 0.1) is 12.5 Å². The van der Waals surface area contributed by atoms with Crippen LogP contribution in [-0.4, -0.2) is 23.6 Å². The van der Waals surface area contributed by atoms with E-state index in [0.29, 0.717) is 27.8 Å². The van der Waals surface area contributed by atoms with Crippen LogP contribution in [0.1, 0.15) is 43.4 Å². The number of aromatic nitrogens is 1. The van der Waals surface area contributed by atoms with Gasteiger partial charge in [0, 0.05) is 35.2 Å². The van der Waals surface area contributed by atoms with Gasteiger partial charge in [-0.25, -0.2) is 9.78 Å². The van der Waals surface area contributed by atoms with Gasteiger partial charge < -0.3 is 19.2 Å². The van der Waals surface area contributed by atoms with E-state index in [-0.39, 0.29) is 24.3 Å². The van der Waals surface area contributed by atoms with Crippen molar-refractivity contribution in [2.24, 2.45) is 0 Å². The van der Waals surface area contributed by atoms with E-state index in [2.05, 4.69) is 10.3 Å². The molecule has 3 aromatic rings. The second kappa shape index (κ2) is 7.75. The van der Waals surface area contributed by atoms with E-state index in [1.165, 1.54) is 11.3 Å². The van der Waals surface area contributed by atoms with E-state index in [0.717, 1.165) is 29.4 Å². The summed E-state index contributed by atoms with van der Waals surface area (Å²) in [6, 6.07) is 1.87. The molecule has 1 aromatic carbocycles. The van der Waals surface area contributed by atoms with Crippen LogP contribution in [0.4, 0.5) is 5.13 Å². The number of anilines is 1. The predicted molar refractivity (Wildman–Crippen MR) is 116 cm³/mol. The number of hydrogen-bond acceptors (Lipinski definition) is 7. The number of methoxy groups -OCH3 is 1. The highest BCUT2D eigenvalue weighted by atomic mass is 32.1. The molecule has 3 heterocycles. The molecule has 1 amide bonds. The summed E-state index contributed by atoms with van der Waals surface area (Å²) in [7, 11) is 1.58. The van der Waals surface area contributed by atoms with Gasteiger partial charge in [-0.15, -0.1) is 11.3 Å². The molecule has 0 fully saturated rings. The van der Waals surface area contributed by atoms with Crippen molar-refractivity contribution in [1.29, 1.82) is 0 Å². The molecule has 0 saturated carbocycles. The topological polar surface area (TPSA) is 90.7 Å². The van der Waals surface area contributed by atoms with E-state index in [1.54, 1.807) is 18.7 Å². The molecule has 158 valence electrons. The quantitative estimate of drug-likeness (QED) is 0.611. The van der Waals surface area contributed by atoms with Gasteiger partial charge in [-0.05, 0) is 45.6 Å². The lowest BCUT2D eigenvalue weighted by molar-refractivity contribution is -0.116. The van der Waals surface area contributed by atoms with Gasteiger partial charge in [-0.1, -0.05) is 0 Å². The lowest BCUT2D eigenvalue weighted by Crippen LogP contribution is -2.32. The average molecular weight is 429 g/mol. The van der Waals surface area contributed by atoms with Crippen molar-refractivity contribution in [3.05, 3.63) is 44.8 Å². The first-order valence-electron chi connectivity index (χ1n) is 9.83. The minimum Gasteiger partial charge on any atom is -0.496 e. The van der Waals surface area contributed by atoms with Crippen molar-refractivity contribution in [2.75, 3.05) is 12.4 Å². The van der Waals surface area contributed by atoms with Crippen molar-refractivity contribution in [3.63, 3.8) is 0 Å². The molecule has 2 aromatic heterocycles. The number of hydrogen-bond donors (Lipinski definition) is 1. The first-order chi connectivity index (χ1) is 14.3. The van der Waals surface area contributed by atoms with E-state index >= 15 is 0 Å². The summed E-state index contributed by atoms with van der Waals surface area (Å²) in [6.45, 7) is 5.94. The Morgan fingerprint density at radius 3 is 2.90 bits per heavy atom. The maximum Gasteiger partial charge on any atom is 0.339 e. The Morgan fingerprint density at radius 2 is 2.20 bits per heavy atom. The van der Waals surface area contributed by atoms with E-state index in [9.17, 15) is 9.59 Å². The Kier molecular flexibility index (Phi) is 5.27. The molecule has 1 aliphatic heterocycles. The first-order valence-corrected chi connectivity index (χ1v) is 10.7. The SMILES string of the molecule is COc1cc2c(c3oc(=O)c(CCC(=O)Nc4nccs4)c(C)c13)CCC(C)(C)O2. The number of nitrogens with zero attached hydrogens (tertiary/aromatic N) is 1. The minimum absolute atomic E-state index is 0.154. The maximum atomic E-state index is 12.8. The van der Waals surface area contributed by atoms with Crippen molar-refractivity contribution in [3.8, 4) is 11.5 Å². The number of carbonyl (C=O) groups is 1. The smallest absolute Gasteiger partial charge is 0.339 e. The van der Waals surface area contributed by atoms with Gasteiger partial charge in [0.1, 0.15) is 22.7 Å². The molecule has 8 heteroatoms. The number of thiazole rings is 1. The van der Waals surface area contributed by atoms with Crippen LogP contribution >= 0.6 is 11.3 Å². The molecule has 0 aliphatic carbocycles. The third-order valence-corrected chi connectivity index (χ3v) is 6.13. The zero-order chi connectivity index (χ0) is 21.5. The van der Waals surface area contributed by atoms with Crippen LogP contribution in [0, 0.1) is 6.92 Å². The Balaban J connectivity index is 1.70. The fraction of sp³-hybridized carbons (Fsp3) is 0.409.